The van der Waals surface area contributed by atoms with E-state index in [-0.39, 0.29) is 5.75 Å². The summed E-state index contributed by atoms with van der Waals surface area (Å²) >= 11 is 0. The predicted octanol–water partition coefficient (Wildman–Crippen LogP) is 1.33. The molecule has 0 amide bonds. The molecule has 0 saturated heterocycles. The molecule has 0 radical (unpaired) electrons. The minimum atomic E-state index is -0.732. The number of aromatic hydroxyl groups is 1. The second kappa shape index (κ2) is 4.28. The largest absolute Gasteiger partial charge is 0.506 e. The van der Waals surface area contributed by atoms with E-state index in [1.165, 1.54) is 18.5 Å². The van der Waals surface area contributed by atoms with Crippen LogP contribution in [0.1, 0.15) is 20.3 Å². The van der Waals surface area contributed by atoms with Gasteiger partial charge in [-0.2, -0.15) is 0 Å². The quantitative estimate of drug-likeness (QED) is 0.764. The fraction of sp³-hybridized carbons (Fsp3) is 0.500. The molecule has 0 bridgehead atoms. The lowest BCUT2D eigenvalue weighted by Gasteiger charge is -2.16. The first-order valence-corrected chi connectivity index (χ1v) is 4.46. The summed E-state index contributed by atoms with van der Waals surface area (Å²) in [6, 6.07) is 1.48. The predicted molar refractivity (Wildman–Crippen MR) is 52.3 cm³/mol. The van der Waals surface area contributed by atoms with Gasteiger partial charge in [-0.25, -0.2) is 0 Å². The first-order valence-electron chi connectivity index (χ1n) is 4.46. The Kier molecular flexibility index (Phi) is 3.30. The number of ether oxygens (including phenoxy) is 1. The molecule has 4 nitrogen and oxygen atoms in total. The summed E-state index contributed by atoms with van der Waals surface area (Å²) in [4.78, 5) is 3.76. The number of hydrogen-bond donors (Lipinski definition) is 2. The van der Waals surface area contributed by atoms with Crippen molar-refractivity contribution in [2.24, 2.45) is 0 Å². The summed E-state index contributed by atoms with van der Waals surface area (Å²) in [7, 11) is 0. The SMILES string of the molecule is CC(C)(O)CCOc1cncc(O)c1. The van der Waals surface area contributed by atoms with E-state index in [1.807, 2.05) is 0 Å². The minimum absolute atomic E-state index is 0.0748. The van der Waals surface area contributed by atoms with Gasteiger partial charge in [0, 0.05) is 12.5 Å². The monoisotopic (exact) mass is 197 g/mol. The van der Waals surface area contributed by atoms with E-state index in [4.69, 9.17) is 9.84 Å². The second-order valence-corrected chi connectivity index (χ2v) is 3.79. The average Bonchev–Trinajstić information content (AvgIpc) is 2.01. The highest BCUT2D eigenvalue weighted by atomic mass is 16.5. The summed E-state index contributed by atoms with van der Waals surface area (Å²) in [6.45, 7) is 3.84. The maximum Gasteiger partial charge on any atom is 0.141 e. The van der Waals surface area contributed by atoms with Crippen molar-refractivity contribution in [2.45, 2.75) is 25.9 Å². The highest BCUT2D eigenvalue weighted by molar-refractivity contribution is 5.26. The van der Waals surface area contributed by atoms with Crippen LogP contribution in [0, 0.1) is 0 Å². The third-order valence-electron chi connectivity index (χ3n) is 1.68. The summed E-state index contributed by atoms with van der Waals surface area (Å²) in [6.07, 6.45) is 3.38. The highest BCUT2D eigenvalue weighted by Crippen LogP contribution is 2.16. The summed E-state index contributed by atoms with van der Waals surface area (Å²) in [5, 5.41) is 18.5. The van der Waals surface area contributed by atoms with E-state index in [2.05, 4.69) is 4.98 Å². The van der Waals surface area contributed by atoms with E-state index in [0.29, 0.717) is 18.8 Å². The number of pyridine rings is 1. The Morgan fingerprint density at radius 2 is 2.14 bits per heavy atom. The van der Waals surface area contributed by atoms with Crippen LogP contribution in [0.5, 0.6) is 11.5 Å². The second-order valence-electron chi connectivity index (χ2n) is 3.79. The molecule has 0 aliphatic heterocycles. The van der Waals surface area contributed by atoms with Crippen molar-refractivity contribution in [1.29, 1.82) is 0 Å². The zero-order chi connectivity index (χ0) is 10.6. The third kappa shape index (κ3) is 4.09. The van der Waals surface area contributed by atoms with E-state index >= 15 is 0 Å². The van der Waals surface area contributed by atoms with Gasteiger partial charge in [0.2, 0.25) is 0 Å². The number of rotatable bonds is 4. The smallest absolute Gasteiger partial charge is 0.141 e. The van der Waals surface area contributed by atoms with Crippen LogP contribution in [-0.4, -0.2) is 27.4 Å². The molecule has 14 heavy (non-hydrogen) atoms. The highest BCUT2D eigenvalue weighted by Gasteiger charge is 2.12. The van der Waals surface area contributed by atoms with Gasteiger partial charge in [-0.15, -0.1) is 0 Å². The van der Waals surface area contributed by atoms with E-state index in [0.717, 1.165) is 0 Å². The van der Waals surface area contributed by atoms with Crippen LogP contribution in [-0.2, 0) is 0 Å². The molecule has 1 heterocycles. The van der Waals surface area contributed by atoms with Gasteiger partial charge in [-0.1, -0.05) is 0 Å². The van der Waals surface area contributed by atoms with Crippen molar-refractivity contribution >= 4 is 0 Å². The summed E-state index contributed by atoms with van der Waals surface area (Å²) in [5.41, 5.74) is -0.732. The molecule has 0 atom stereocenters. The lowest BCUT2D eigenvalue weighted by Crippen LogP contribution is -2.21. The van der Waals surface area contributed by atoms with Crippen molar-refractivity contribution in [1.82, 2.24) is 4.98 Å². The van der Waals surface area contributed by atoms with Crippen molar-refractivity contribution < 1.29 is 14.9 Å². The number of aromatic nitrogens is 1. The van der Waals surface area contributed by atoms with Gasteiger partial charge in [-0.05, 0) is 13.8 Å². The van der Waals surface area contributed by atoms with Crippen molar-refractivity contribution in [3.8, 4) is 11.5 Å². The molecular weight excluding hydrogens is 182 g/mol. The lowest BCUT2D eigenvalue weighted by molar-refractivity contribution is 0.0553. The maximum atomic E-state index is 9.41. The van der Waals surface area contributed by atoms with Crippen molar-refractivity contribution in [3.05, 3.63) is 18.5 Å². The molecule has 0 aliphatic carbocycles. The van der Waals surface area contributed by atoms with Crippen molar-refractivity contribution in [2.75, 3.05) is 6.61 Å². The first kappa shape index (κ1) is 10.8. The molecule has 0 aromatic carbocycles. The van der Waals surface area contributed by atoms with Crippen LogP contribution in [0.2, 0.25) is 0 Å². The van der Waals surface area contributed by atoms with Gasteiger partial charge in [0.15, 0.2) is 0 Å². The molecule has 4 heteroatoms. The van der Waals surface area contributed by atoms with Crippen LogP contribution < -0.4 is 4.74 Å². The van der Waals surface area contributed by atoms with Gasteiger partial charge in [0.05, 0.1) is 24.6 Å². The molecule has 1 aromatic heterocycles. The molecular formula is C10H15NO3. The molecule has 78 valence electrons. The molecule has 1 aromatic rings. The number of aliphatic hydroxyl groups is 1. The van der Waals surface area contributed by atoms with Crippen LogP contribution in [0.4, 0.5) is 0 Å². The Balaban J connectivity index is 2.39. The Labute approximate surface area is 83.2 Å². The van der Waals surface area contributed by atoms with E-state index in [9.17, 15) is 5.11 Å². The third-order valence-corrected chi connectivity index (χ3v) is 1.68. The number of nitrogens with zero attached hydrogens (tertiary/aromatic N) is 1. The fourth-order valence-electron chi connectivity index (χ4n) is 0.905. The Morgan fingerprint density at radius 1 is 1.43 bits per heavy atom. The zero-order valence-corrected chi connectivity index (χ0v) is 8.40. The molecule has 1 rings (SSSR count). The Hall–Kier alpha value is -1.29. The van der Waals surface area contributed by atoms with Crippen LogP contribution in [0.15, 0.2) is 18.5 Å². The summed E-state index contributed by atoms with van der Waals surface area (Å²) < 4.78 is 5.28. The van der Waals surface area contributed by atoms with E-state index in [1.54, 1.807) is 13.8 Å². The molecule has 0 unspecified atom stereocenters. The molecule has 0 aliphatic rings. The zero-order valence-electron chi connectivity index (χ0n) is 8.40. The Bertz CT molecular complexity index is 294. The summed E-state index contributed by atoms with van der Waals surface area (Å²) in [5.74, 6) is 0.583. The molecule has 2 N–H and O–H groups in total. The minimum Gasteiger partial charge on any atom is -0.506 e. The van der Waals surface area contributed by atoms with Crippen LogP contribution >= 0.6 is 0 Å². The fourth-order valence-corrected chi connectivity index (χ4v) is 0.905. The van der Waals surface area contributed by atoms with Crippen LogP contribution in [0.25, 0.3) is 0 Å². The maximum absolute atomic E-state index is 9.41. The lowest BCUT2D eigenvalue weighted by atomic mass is 10.1. The van der Waals surface area contributed by atoms with Gasteiger partial charge in [0.25, 0.3) is 0 Å². The standard InChI is InChI=1S/C10H15NO3/c1-10(2,13)3-4-14-9-5-8(12)6-11-7-9/h5-7,12-13H,3-4H2,1-2H3. The van der Waals surface area contributed by atoms with Gasteiger partial charge >= 0.3 is 0 Å². The van der Waals surface area contributed by atoms with Crippen LogP contribution in [0.3, 0.4) is 0 Å². The molecule has 0 fully saturated rings. The normalized spacial score (nSPS) is 11.4. The molecule has 0 spiro atoms. The van der Waals surface area contributed by atoms with Gasteiger partial charge in [0.1, 0.15) is 11.5 Å². The topological polar surface area (TPSA) is 62.6 Å². The average molecular weight is 197 g/mol. The van der Waals surface area contributed by atoms with Crippen molar-refractivity contribution in [3.63, 3.8) is 0 Å². The van der Waals surface area contributed by atoms with Gasteiger partial charge in [-0.3, -0.25) is 4.98 Å². The van der Waals surface area contributed by atoms with E-state index < -0.39 is 5.60 Å². The molecule has 0 saturated carbocycles. The van der Waals surface area contributed by atoms with Gasteiger partial charge < -0.3 is 14.9 Å². The Morgan fingerprint density at radius 3 is 2.71 bits per heavy atom. The first-order chi connectivity index (χ1) is 6.47. The number of hydrogen-bond acceptors (Lipinski definition) is 4.